The molecule has 3 aliphatic rings. The van der Waals surface area contributed by atoms with E-state index in [0.29, 0.717) is 80.3 Å². The largest absolute Gasteiger partial charge is 0.481 e. The molecule has 54 heavy (non-hydrogen) atoms. The van der Waals surface area contributed by atoms with Crippen LogP contribution < -0.4 is 15.4 Å². The zero-order chi connectivity index (χ0) is 38.2. The highest BCUT2D eigenvalue weighted by Gasteiger charge is 2.48. The SMILES string of the molecule is COc1nc(-c2ccnc(-c3cccc(Nc4cccc(CN5CC6(COC6)C5)c4F)c3Cl)c2Cl)ccc1CN(C[C@@H]1CCC(=O)N1)C(=O)OC(C)(C)C. The Hall–Kier alpha value is -4.49. The molecule has 7 rings (SSSR count). The first-order chi connectivity index (χ1) is 25.8. The van der Waals surface area contributed by atoms with E-state index in [1.54, 1.807) is 74.3 Å². The van der Waals surface area contributed by atoms with Crippen LogP contribution in [0.5, 0.6) is 5.88 Å². The number of pyridine rings is 2. The van der Waals surface area contributed by atoms with Gasteiger partial charge >= 0.3 is 6.09 Å². The summed E-state index contributed by atoms with van der Waals surface area (Å²) < 4.78 is 32.5. The average molecular weight is 778 g/mol. The summed E-state index contributed by atoms with van der Waals surface area (Å²) in [5.74, 6) is -0.0728. The van der Waals surface area contributed by atoms with Crippen molar-refractivity contribution < 1.29 is 28.2 Å². The van der Waals surface area contributed by atoms with E-state index in [4.69, 9.17) is 42.4 Å². The normalized spacial score (nSPS) is 17.8. The molecule has 2 aromatic heterocycles. The molecule has 0 aliphatic carbocycles. The summed E-state index contributed by atoms with van der Waals surface area (Å²) in [4.78, 5) is 38.3. The van der Waals surface area contributed by atoms with Crippen molar-refractivity contribution in [3.63, 3.8) is 0 Å². The number of rotatable bonds is 11. The number of hydrogen-bond acceptors (Lipinski definition) is 9. The molecule has 14 heteroatoms. The van der Waals surface area contributed by atoms with Crippen LogP contribution in [0, 0.1) is 11.2 Å². The van der Waals surface area contributed by atoms with E-state index in [0.717, 1.165) is 26.3 Å². The zero-order valence-corrected chi connectivity index (χ0v) is 32.2. The number of hydrogen-bond donors (Lipinski definition) is 2. The zero-order valence-electron chi connectivity index (χ0n) is 30.7. The van der Waals surface area contributed by atoms with Gasteiger partial charge in [0.25, 0.3) is 0 Å². The number of aromatic nitrogens is 2. The number of ether oxygens (including phenoxy) is 3. The molecule has 0 bridgehead atoms. The molecule has 0 radical (unpaired) electrons. The van der Waals surface area contributed by atoms with Crippen LogP contribution in [-0.4, -0.2) is 83.4 Å². The fourth-order valence-corrected chi connectivity index (χ4v) is 7.72. The molecule has 3 saturated heterocycles. The number of amides is 2. The van der Waals surface area contributed by atoms with E-state index < -0.39 is 11.7 Å². The number of nitrogens with one attached hydrogen (secondary N) is 2. The van der Waals surface area contributed by atoms with Gasteiger partial charge < -0.3 is 29.7 Å². The molecular weight excluding hydrogens is 734 g/mol. The summed E-state index contributed by atoms with van der Waals surface area (Å²) in [7, 11) is 1.51. The standard InChI is InChI=1S/C40H43Cl2FN6O5/c1-39(2,3)54-38(51)49(19-26-12-14-32(50)45-26)18-25-11-13-29(47-37(25)52-4)27-15-16-44-36(34(27)42)28-8-6-9-30(33(28)41)46-31-10-5-7-24(35(31)43)17-48-20-40(21-48)22-53-23-40/h5-11,13,15-16,26,46H,12,14,17-23H2,1-4H3,(H,45,50)/t26-/m0/s1. The second kappa shape index (κ2) is 15.3. The molecule has 4 aromatic rings. The third kappa shape index (κ3) is 8.12. The van der Waals surface area contributed by atoms with Crippen molar-refractivity contribution in [3.8, 4) is 28.4 Å². The summed E-state index contributed by atoms with van der Waals surface area (Å²) in [6, 6.07) is 15.9. The topological polar surface area (TPSA) is 118 Å². The summed E-state index contributed by atoms with van der Waals surface area (Å²) in [5, 5.41) is 6.74. The second-order valence-electron chi connectivity index (χ2n) is 15.3. The molecule has 3 fully saturated rings. The number of nitrogens with zero attached hydrogens (tertiary/aromatic N) is 4. The van der Waals surface area contributed by atoms with Crippen molar-refractivity contribution in [1.82, 2.24) is 25.1 Å². The number of benzene rings is 2. The molecule has 2 N–H and O–H groups in total. The molecule has 5 heterocycles. The lowest BCUT2D eigenvalue weighted by Crippen LogP contribution is -2.65. The predicted octanol–water partition coefficient (Wildman–Crippen LogP) is 7.86. The van der Waals surface area contributed by atoms with E-state index in [9.17, 15) is 9.59 Å². The number of anilines is 2. The van der Waals surface area contributed by atoms with E-state index in [1.807, 2.05) is 12.1 Å². The van der Waals surface area contributed by atoms with Gasteiger partial charge in [0.2, 0.25) is 11.8 Å². The van der Waals surface area contributed by atoms with E-state index in [-0.39, 0.29) is 36.3 Å². The molecule has 284 valence electrons. The first-order valence-corrected chi connectivity index (χ1v) is 18.7. The Balaban J connectivity index is 1.11. The summed E-state index contributed by atoms with van der Waals surface area (Å²) in [6.07, 6.45) is 2.15. The minimum absolute atomic E-state index is 0.0413. The Morgan fingerprint density at radius 1 is 1.06 bits per heavy atom. The molecule has 0 saturated carbocycles. The third-order valence-corrected chi connectivity index (χ3v) is 10.6. The maximum atomic E-state index is 15.7. The van der Waals surface area contributed by atoms with Crippen molar-refractivity contribution >= 4 is 46.6 Å². The van der Waals surface area contributed by atoms with Crippen LogP contribution in [0.1, 0.15) is 44.7 Å². The van der Waals surface area contributed by atoms with Crippen LogP contribution in [0.25, 0.3) is 22.5 Å². The number of carbonyl (C=O) groups is 2. The molecule has 2 amide bonds. The van der Waals surface area contributed by atoms with Crippen LogP contribution in [-0.2, 0) is 27.4 Å². The second-order valence-corrected chi connectivity index (χ2v) is 16.0. The Morgan fingerprint density at radius 2 is 1.81 bits per heavy atom. The van der Waals surface area contributed by atoms with Gasteiger partial charge in [0.05, 0.1) is 59.7 Å². The highest BCUT2D eigenvalue weighted by molar-refractivity contribution is 6.39. The van der Waals surface area contributed by atoms with Crippen molar-refractivity contribution in [3.05, 3.63) is 87.8 Å². The van der Waals surface area contributed by atoms with E-state index in [1.165, 1.54) is 7.11 Å². The van der Waals surface area contributed by atoms with Gasteiger partial charge in [0.15, 0.2) is 5.82 Å². The van der Waals surface area contributed by atoms with Crippen LogP contribution in [0.2, 0.25) is 10.0 Å². The Morgan fingerprint density at radius 3 is 2.50 bits per heavy atom. The van der Waals surface area contributed by atoms with Crippen molar-refractivity contribution in [1.29, 1.82) is 0 Å². The van der Waals surface area contributed by atoms with Crippen molar-refractivity contribution in [2.45, 2.75) is 58.3 Å². The van der Waals surface area contributed by atoms with Gasteiger partial charge in [-0.2, -0.15) is 0 Å². The van der Waals surface area contributed by atoms with Gasteiger partial charge in [-0.25, -0.2) is 14.2 Å². The lowest BCUT2D eigenvalue weighted by atomic mass is 9.78. The fourth-order valence-electron chi connectivity index (χ4n) is 7.15. The van der Waals surface area contributed by atoms with Gasteiger partial charge in [-0.3, -0.25) is 14.7 Å². The third-order valence-electron chi connectivity index (χ3n) is 9.77. The average Bonchev–Trinajstić information content (AvgIpc) is 3.51. The van der Waals surface area contributed by atoms with Gasteiger partial charge in [0, 0.05) is 72.5 Å². The Kier molecular flexibility index (Phi) is 10.7. The maximum Gasteiger partial charge on any atom is 0.410 e. The molecule has 1 spiro atoms. The lowest BCUT2D eigenvalue weighted by Gasteiger charge is -2.55. The van der Waals surface area contributed by atoms with Crippen LogP contribution in [0.15, 0.2) is 60.8 Å². The first kappa shape index (κ1) is 37.8. The Bertz CT molecular complexity index is 2070. The number of halogens is 3. The monoisotopic (exact) mass is 776 g/mol. The van der Waals surface area contributed by atoms with Gasteiger partial charge in [-0.1, -0.05) is 47.5 Å². The van der Waals surface area contributed by atoms with Gasteiger partial charge in [-0.05, 0) is 57.5 Å². The molecule has 1 atom stereocenters. The highest BCUT2D eigenvalue weighted by atomic mass is 35.5. The first-order valence-electron chi connectivity index (χ1n) is 17.9. The summed E-state index contributed by atoms with van der Waals surface area (Å²) in [6.45, 7) is 9.72. The number of carbonyl (C=O) groups excluding carboxylic acids is 2. The molecule has 3 aliphatic heterocycles. The molecule has 2 aromatic carbocycles. The molecular formula is C40H43Cl2FN6O5. The number of methoxy groups -OCH3 is 1. The molecule has 0 unspecified atom stereocenters. The minimum atomic E-state index is -0.709. The predicted molar refractivity (Wildman–Crippen MR) is 205 cm³/mol. The minimum Gasteiger partial charge on any atom is -0.481 e. The maximum absolute atomic E-state index is 15.7. The summed E-state index contributed by atoms with van der Waals surface area (Å²) >= 11 is 14.0. The quantitative estimate of drug-likeness (QED) is 0.157. The summed E-state index contributed by atoms with van der Waals surface area (Å²) in [5.41, 5.74) is 3.67. The van der Waals surface area contributed by atoms with Crippen molar-refractivity contribution in [2.75, 3.05) is 45.3 Å². The van der Waals surface area contributed by atoms with E-state index in [2.05, 4.69) is 20.5 Å². The molecule has 11 nitrogen and oxygen atoms in total. The van der Waals surface area contributed by atoms with Gasteiger partial charge in [-0.15, -0.1) is 0 Å². The fraction of sp³-hybridized carbons (Fsp3) is 0.400. The Labute approximate surface area is 324 Å². The van der Waals surface area contributed by atoms with Gasteiger partial charge in [0.1, 0.15) is 5.60 Å². The van der Waals surface area contributed by atoms with Crippen LogP contribution in [0.3, 0.4) is 0 Å². The van der Waals surface area contributed by atoms with Crippen LogP contribution in [0.4, 0.5) is 20.6 Å². The smallest absolute Gasteiger partial charge is 0.410 e. The number of likely N-dealkylation sites (tertiary alicyclic amines) is 1. The van der Waals surface area contributed by atoms with Crippen molar-refractivity contribution in [2.24, 2.45) is 5.41 Å². The lowest BCUT2D eigenvalue weighted by molar-refractivity contribution is -0.191. The highest BCUT2D eigenvalue weighted by Crippen LogP contribution is 2.42. The van der Waals surface area contributed by atoms with E-state index >= 15 is 4.39 Å². The van der Waals surface area contributed by atoms with Crippen LogP contribution >= 0.6 is 23.2 Å².